The molecule has 1 amide bonds. The van der Waals surface area contributed by atoms with Crippen LogP contribution in [0.25, 0.3) is 11.0 Å². The van der Waals surface area contributed by atoms with Gasteiger partial charge in [0.1, 0.15) is 11.6 Å². The Morgan fingerprint density at radius 3 is 2.65 bits per heavy atom. The van der Waals surface area contributed by atoms with E-state index in [4.69, 9.17) is 4.42 Å². The Kier molecular flexibility index (Phi) is 7.68. The van der Waals surface area contributed by atoms with Crippen LogP contribution in [-0.2, 0) is 21.4 Å². The molecular formula is C26H33N3O4S. The van der Waals surface area contributed by atoms with Gasteiger partial charge in [0.05, 0.1) is 23.4 Å². The van der Waals surface area contributed by atoms with Crippen molar-refractivity contribution in [3.63, 3.8) is 0 Å². The molecule has 7 nitrogen and oxygen atoms in total. The fourth-order valence-electron chi connectivity index (χ4n) is 4.68. The molecule has 3 aromatic rings. The van der Waals surface area contributed by atoms with Gasteiger partial charge < -0.3 is 9.32 Å². The molecule has 1 aliphatic carbocycles. The SMILES string of the molecule is CC(C)C[C@H](NS(=O)(=O)c1ccc2occc2c1)C(=O)N(Cc1ccccn1)C1CCCCC1. The number of carbonyl (C=O) groups excluding carboxylic acids is 1. The number of aromatic nitrogens is 1. The van der Waals surface area contributed by atoms with Crippen molar-refractivity contribution in [3.8, 4) is 0 Å². The van der Waals surface area contributed by atoms with Crippen molar-refractivity contribution in [2.45, 2.75) is 75.9 Å². The molecule has 34 heavy (non-hydrogen) atoms. The fourth-order valence-corrected chi connectivity index (χ4v) is 5.92. The lowest BCUT2D eigenvalue weighted by atomic mass is 9.93. The number of benzene rings is 1. The monoisotopic (exact) mass is 483 g/mol. The first-order valence-electron chi connectivity index (χ1n) is 12.0. The Labute approximate surface area is 201 Å². The van der Waals surface area contributed by atoms with E-state index in [1.165, 1.54) is 18.8 Å². The lowest BCUT2D eigenvalue weighted by molar-refractivity contribution is -0.137. The summed E-state index contributed by atoms with van der Waals surface area (Å²) in [6.07, 6.45) is 8.83. The topological polar surface area (TPSA) is 92.5 Å². The zero-order valence-electron chi connectivity index (χ0n) is 19.8. The number of nitrogens with zero attached hydrogens (tertiary/aromatic N) is 2. The van der Waals surface area contributed by atoms with E-state index < -0.39 is 16.1 Å². The Hall–Kier alpha value is -2.71. The van der Waals surface area contributed by atoms with Crippen LogP contribution in [0.1, 0.15) is 58.1 Å². The summed E-state index contributed by atoms with van der Waals surface area (Å²) < 4.78 is 34.7. The number of nitrogens with one attached hydrogen (secondary N) is 1. The first-order chi connectivity index (χ1) is 16.3. The normalized spacial score (nSPS) is 16.1. The number of amides is 1. The van der Waals surface area contributed by atoms with Crippen LogP contribution >= 0.6 is 0 Å². The van der Waals surface area contributed by atoms with E-state index in [9.17, 15) is 13.2 Å². The van der Waals surface area contributed by atoms with Crippen LogP contribution in [-0.4, -0.2) is 36.3 Å². The van der Waals surface area contributed by atoms with Gasteiger partial charge in [0.15, 0.2) is 0 Å². The molecule has 1 N–H and O–H groups in total. The van der Waals surface area contributed by atoms with Crippen LogP contribution in [0, 0.1) is 5.92 Å². The van der Waals surface area contributed by atoms with E-state index in [0.717, 1.165) is 31.4 Å². The average molecular weight is 484 g/mol. The summed E-state index contributed by atoms with van der Waals surface area (Å²) in [4.78, 5) is 20.3. The number of hydrogen-bond donors (Lipinski definition) is 1. The molecule has 0 saturated heterocycles. The second-order valence-electron chi connectivity index (χ2n) is 9.50. The molecule has 2 aromatic heterocycles. The minimum Gasteiger partial charge on any atom is -0.464 e. The first kappa shape index (κ1) is 24.4. The number of furan rings is 1. The van der Waals surface area contributed by atoms with E-state index in [0.29, 0.717) is 23.9 Å². The molecule has 1 fully saturated rings. The summed E-state index contributed by atoms with van der Waals surface area (Å²) in [7, 11) is -3.91. The number of carbonyl (C=O) groups is 1. The van der Waals surface area contributed by atoms with Crippen LogP contribution in [0.15, 0.2) is 64.2 Å². The molecule has 4 rings (SSSR count). The first-order valence-corrected chi connectivity index (χ1v) is 13.5. The van der Waals surface area contributed by atoms with Crippen molar-refractivity contribution in [2.75, 3.05) is 0 Å². The molecule has 1 aromatic carbocycles. The predicted molar refractivity (Wildman–Crippen MR) is 131 cm³/mol. The van der Waals surface area contributed by atoms with Gasteiger partial charge in [-0.1, -0.05) is 39.2 Å². The van der Waals surface area contributed by atoms with Crippen LogP contribution in [0.2, 0.25) is 0 Å². The average Bonchev–Trinajstić information content (AvgIpc) is 3.31. The second-order valence-corrected chi connectivity index (χ2v) is 11.2. The lowest BCUT2D eigenvalue weighted by Gasteiger charge is -2.37. The molecule has 0 spiro atoms. The Balaban J connectivity index is 1.62. The van der Waals surface area contributed by atoms with Gasteiger partial charge in [-0.3, -0.25) is 9.78 Å². The molecular weight excluding hydrogens is 450 g/mol. The summed E-state index contributed by atoms with van der Waals surface area (Å²) in [5, 5.41) is 0.702. The van der Waals surface area contributed by atoms with Crippen molar-refractivity contribution in [1.29, 1.82) is 0 Å². The highest BCUT2D eigenvalue weighted by Gasteiger charge is 2.34. The highest BCUT2D eigenvalue weighted by atomic mass is 32.2. The maximum atomic E-state index is 13.9. The second kappa shape index (κ2) is 10.7. The van der Waals surface area contributed by atoms with Gasteiger partial charge in [-0.2, -0.15) is 4.72 Å². The third kappa shape index (κ3) is 5.85. The largest absolute Gasteiger partial charge is 0.464 e. The van der Waals surface area contributed by atoms with Crippen LogP contribution in [0.4, 0.5) is 0 Å². The summed E-state index contributed by atoms with van der Waals surface area (Å²) in [6, 6.07) is 11.4. The third-order valence-corrected chi connectivity index (χ3v) is 7.86. The van der Waals surface area contributed by atoms with Crippen molar-refractivity contribution < 1.29 is 17.6 Å². The number of pyridine rings is 1. The van der Waals surface area contributed by atoms with Crippen molar-refractivity contribution in [1.82, 2.24) is 14.6 Å². The number of sulfonamides is 1. The maximum Gasteiger partial charge on any atom is 0.241 e. The smallest absolute Gasteiger partial charge is 0.241 e. The maximum absolute atomic E-state index is 13.9. The molecule has 0 unspecified atom stereocenters. The van der Waals surface area contributed by atoms with Crippen LogP contribution in [0.3, 0.4) is 0 Å². The Morgan fingerprint density at radius 2 is 1.94 bits per heavy atom. The van der Waals surface area contributed by atoms with Gasteiger partial charge in [0, 0.05) is 17.6 Å². The van der Waals surface area contributed by atoms with Gasteiger partial charge >= 0.3 is 0 Å². The van der Waals surface area contributed by atoms with Gasteiger partial charge in [-0.05, 0) is 61.6 Å². The van der Waals surface area contributed by atoms with Gasteiger partial charge in [-0.25, -0.2) is 8.42 Å². The minimum absolute atomic E-state index is 0.0877. The molecule has 1 aliphatic rings. The lowest BCUT2D eigenvalue weighted by Crippen LogP contribution is -2.52. The summed E-state index contributed by atoms with van der Waals surface area (Å²) >= 11 is 0. The van der Waals surface area contributed by atoms with Gasteiger partial charge in [0.25, 0.3) is 0 Å². The zero-order chi connectivity index (χ0) is 24.1. The standard InChI is InChI=1S/C26H33N3O4S/c1-19(2)16-24(28-34(31,32)23-11-12-25-20(17-23)13-15-33-25)26(30)29(22-9-4-3-5-10-22)18-21-8-6-7-14-27-21/h6-8,11-15,17,19,22,24,28H,3-5,9-10,16,18H2,1-2H3/t24-/m0/s1. The Morgan fingerprint density at radius 1 is 1.15 bits per heavy atom. The van der Waals surface area contributed by atoms with Gasteiger partial charge in [0.2, 0.25) is 15.9 Å². The molecule has 1 saturated carbocycles. The van der Waals surface area contributed by atoms with Gasteiger partial charge in [-0.15, -0.1) is 0 Å². The van der Waals surface area contributed by atoms with E-state index >= 15 is 0 Å². The number of fused-ring (bicyclic) bond motifs is 1. The number of hydrogen-bond acceptors (Lipinski definition) is 5. The Bertz CT molecular complexity index is 1200. The third-order valence-electron chi connectivity index (χ3n) is 6.39. The zero-order valence-corrected chi connectivity index (χ0v) is 20.6. The summed E-state index contributed by atoms with van der Waals surface area (Å²) in [6.45, 7) is 4.37. The molecule has 8 heteroatoms. The van der Waals surface area contributed by atoms with Crippen molar-refractivity contribution in [2.24, 2.45) is 5.92 Å². The van der Waals surface area contributed by atoms with Crippen molar-refractivity contribution in [3.05, 3.63) is 60.6 Å². The predicted octanol–water partition coefficient (Wildman–Crippen LogP) is 4.88. The van der Waals surface area contributed by atoms with E-state index in [1.54, 1.807) is 24.4 Å². The minimum atomic E-state index is -3.91. The highest BCUT2D eigenvalue weighted by Crippen LogP contribution is 2.26. The highest BCUT2D eigenvalue weighted by molar-refractivity contribution is 7.89. The fraction of sp³-hybridized carbons (Fsp3) is 0.462. The molecule has 0 aliphatic heterocycles. The quantitative estimate of drug-likeness (QED) is 0.468. The van der Waals surface area contributed by atoms with E-state index in [1.807, 2.05) is 36.9 Å². The molecule has 1 atom stereocenters. The van der Waals surface area contributed by atoms with E-state index in [2.05, 4.69) is 9.71 Å². The summed E-state index contributed by atoms with van der Waals surface area (Å²) in [5.74, 6) is -0.0460. The summed E-state index contributed by atoms with van der Waals surface area (Å²) in [5.41, 5.74) is 1.42. The van der Waals surface area contributed by atoms with Crippen molar-refractivity contribution >= 4 is 26.9 Å². The molecule has 182 valence electrons. The molecule has 0 radical (unpaired) electrons. The molecule has 2 heterocycles. The number of rotatable bonds is 9. The van der Waals surface area contributed by atoms with Crippen LogP contribution < -0.4 is 4.72 Å². The molecule has 0 bridgehead atoms. The van der Waals surface area contributed by atoms with Crippen LogP contribution in [0.5, 0.6) is 0 Å². The van der Waals surface area contributed by atoms with E-state index in [-0.39, 0.29) is 22.8 Å².